The van der Waals surface area contributed by atoms with Crippen LogP contribution in [0.2, 0.25) is 0 Å². The lowest BCUT2D eigenvalue weighted by Crippen LogP contribution is -2.49. The van der Waals surface area contributed by atoms with Gasteiger partial charge in [0.2, 0.25) is 5.91 Å². The molecule has 1 unspecified atom stereocenters. The Morgan fingerprint density at radius 2 is 1.48 bits per heavy atom. The van der Waals surface area contributed by atoms with Gasteiger partial charge in [0.1, 0.15) is 6.10 Å². The molecule has 0 aromatic rings. The van der Waals surface area contributed by atoms with Gasteiger partial charge in [-0.3, -0.25) is 9.59 Å². The maximum absolute atomic E-state index is 12.8. The fourth-order valence-corrected chi connectivity index (χ4v) is 4.75. The van der Waals surface area contributed by atoms with Crippen LogP contribution in [0.4, 0.5) is 0 Å². The van der Waals surface area contributed by atoms with Gasteiger partial charge in [0.15, 0.2) is 0 Å². The highest BCUT2D eigenvalue weighted by Gasteiger charge is 2.48. The van der Waals surface area contributed by atoms with E-state index in [1.807, 2.05) is 9.80 Å². The summed E-state index contributed by atoms with van der Waals surface area (Å²) in [6, 6.07) is 0. The van der Waals surface area contributed by atoms with Gasteiger partial charge in [0.25, 0.3) is 5.91 Å². The van der Waals surface area contributed by atoms with Crippen LogP contribution in [0.1, 0.15) is 51.4 Å². The lowest BCUT2D eigenvalue weighted by atomic mass is 9.88. The fourth-order valence-electron chi connectivity index (χ4n) is 4.75. The third kappa shape index (κ3) is 3.56. The Hall–Kier alpha value is -1.14. The number of nitrogens with zero attached hydrogens (tertiary/aromatic N) is 2. The normalized spacial score (nSPS) is 30.5. The van der Waals surface area contributed by atoms with E-state index in [-0.39, 0.29) is 23.8 Å². The Morgan fingerprint density at radius 1 is 0.880 bits per heavy atom. The Bertz CT molecular complexity index is 512. The first-order chi connectivity index (χ1) is 12.1. The molecule has 6 nitrogen and oxygen atoms in total. The van der Waals surface area contributed by atoms with E-state index in [0.717, 1.165) is 64.5 Å². The first kappa shape index (κ1) is 17.3. The lowest BCUT2D eigenvalue weighted by Gasteiger charge is -2.38. The first-order valence-corrected chi connectivity index (χ1v) is 9.98. The van der Waals surface area contributed by atoms with Gasteiger partial charge in [-0.05, 0) is 57.3 Å². The van der Waals surface area contributed by atoms with Gasteiger partial charge >= 0.3 is 0 Å². The highest BCUT2D eigenvalue weighted by molar-refractivity contribution is 5.82. The van der Waals surface area contributed by atoms with Crippen molar-refractivity contribution in [3.05, 3.63) is 0 Å². The second-order valence-electron chi connectivity index (χ2n) is 8.30. The maximum Gasteiger partial charge on any atom is 0.251 e. The molecule has 4 aliphatic rings. The smallest absolute Gasteiger partial charge is 0.251 e. The quantitative estimate of drug-likeness (QED) is 0.829. The molecular formula is C19H30N2O4. The average molecular weight is 350 g/mol. The molecule has 0 aromatic carbocycles. The van der Waals surface area contributed by atoms with E-state index in [1.165, 1.54) is 0 Å². The van der Waals surface area contributed by atoms with Crippen molar-refractivity contribution >= 4 is 11.8 Å². The molecule has 0 bridgehead atoms. The van der Waals surface area contributed by atoms with Crippen LogP contribution < -0.4 is 0 Å². The van der Waals surface area contributed by atoms with Crippen LogP contribution in [0.15, 0.2) is 0 Å². The van der Waals surface area contributed by atoms with E-state index < -0.39 is 5.60 Å². The van der Waals surface area contributed by atoms with Crippen LogP contribution in [-0.2, 0) is 14.3 Å². The largest absolute Gasteiger partial charge is 0.390 e. The molecule has 2 amide bonds. The number of piperidine rings is 2. The van der Waals surface area contributed by atoms with E-state index in [2.05, 4.69) is 0 Å². The number of amides is 2. The highest BCUT2D eigenvalue weighted by atomic mass is 16.5. The molecule has 6 heteroatoms. The molecule has 1 saturated carbocycles. The molecule has 25 heavy (non-hydrogen) atoms. The summed E-state index contributed by atoms with van der Waals surface area (Å²) in [4.78, 5) is 29.1. The fraction of sp³-hybridized carbons (Fsp3) is 0.895. The number of carbonyl (C=O) groups excluding carboxylic acids is 2. The second kappa shape index (κ2) is 6.88. The predicted molar refractivity (Wildman–Crippen MR) is 91.8 cm³/mol. The molecule has 1 aliphatic carbocycles. The van der Waals surface area contributed by atoms with Gasteiger partial charge in [0.05, 0.1) is 5.60 Å². The molecule has 1 atom stereocenters. The molecular weight excluding hydrogens is 320 g/mol. The van der Waals surface area contributed by atoms with Crippen LogP contribution in [0, 0.1) is 11.8 Å². The van der Waals surface area contributed by atoms with Crippen molar-refractivity contribution in [1.82, 2.24) is 9.80 Å². The third-order valence-electron chi connectivity index (χ3n) is 6.69. The topological polar surface area (TPSA) is 70.1 Å². The molecule has 0 spiro atoms. The van der Waals surface area contributed by atoms with Crippen molar-refractivity contribution < 1.29 is 19.4 Å². The molecule has 3 heterocycles. The summed E-state index contributed by atoms with van der Waals surface area (Å²) in [6.45, 7) is 3.59. The summed E-state index contributed by atoms with van der Waals surface area (Å²) in [5.41, 5.74) is -0.414. The van der Waals surface area contributed by atoms with Gasteiger partial charge < -0.3 is 19.6 Å². The van der Waals surface area contributed by atoms with Gasteiger partial charge in [-0.15, -0.1) is 0 Å². The van der Waals surface area contributed by atoms with Crippen LogP contribution in [0.5, 0.6) is 0 Å². The summed E-state index contributed by atoms with van der Waals surface area (Å²) in [5, 5.41) is 10.2. The standard InChI is InChI=1S/C19H30N2O4/c22-17(20-11-5-15(6-12-20)19(24)7-8-19)14-3-9-21(10-4-14)18(23)16-2-1-13-25-16/h14-16,24H,1-13H2. The number of hydrogen-bond acceptors (Lipinski definition) is 4. The molecule has 1 N–H and O–H groups in total. The van der Waals surface area contributed by atoms with E-state index in [9.17, 15) is 14.7 Å². The zero-order chi connectivity index (χ0) is 17.4. The van der Waals surface area contributed by atoms with Crippen LogP contribution >= 0.6 is 0 Å². The van der Waals surface area contributed by atoms with Crippen LogP contribution in [-0.4, -0.2) is 71.2 Å². The van der Waals surface area contributed by atoms with Gasteiger partial charge in [-0.2, -0.15) is 0 Å². The summed E-state index contributed by atoms with van der Waals surface area (Å²) in [6.07, 6.45) is 6.81. The van der Waals surface area contributed by atoms with Crippen molar-refractivity contribution in [2.45, 2.75) is 63.1 Å². The van der Waals surface area contributed by atoms with Gasteiger partial charge in [0, 0.05) is 38.7 Å². The van der Waals surface area contributed by atoms with Crippen molar-refractivity contribution in [2.24, 2.45) is 11.8 Å². The number of aliphatic hydroxyl groups is 1. The monoisotopic (exact) mass is 350 g/mol. The molecule has 140 valence electrons. The van der Waals surface area contributed by atoms with Gasteiger partial charge in [-0.1, -0.05) is 0 Å². The summed E-state index contributed by atoms with van der Waals surface area (Å²) in [7, 11) is 0. The van der Waals surface area contributed by atoms with Crippen molar-refractivity contribution in [1.29, 1.82) is 0 Å². The van der Waals surface area contributed by atoms with Crippen LogP contribution in [0.3, 0.4) is 0 Å². The van der Waals surface area contributed by atoms with E-state index >= 15 is 0 Å². The number of hydrogen-bond donors (Lipinski definition) is 1. The van der Waals surface area contributed by atoms with E-state index in [0.29, 0.717) is 25.6 Å². The number of likely N-dealkylation sites (tertiary alicyclic amines) is 2. The Morgan fingerprint density at radius 3 is 2.04 bits per heavy atom. The highest BCUT2D eigenvalue weighted by Crippen LogP contribution is 2.46. The summed E-state index contributed by atoms with van der Waals surface area (Å²) >= 11 is 0. The number of rotatable bonds is 3. The summed E-state index contributed by atoms with van der Waals surface area (Å²) in [5.74, 6) is 0.795. The Balaban J connectivity index is 1.23. The summed E-state index contributed by atoms with van der Waals surface area (Å²) < 4.78 is 5.49. The minimum atomic E-state index is -0.414. The van der Waals surface area contributed by atoms with Crippen molar-refractivity contribution in [2.75, 3.05) is 32.8 Å². The molecule has 0 aromatic heterocycles. The van der Waals surface area contributed by atoms with Gasteiger partial charge in [-0.25, -0.2) is 0 Å². The third-order valence-corrected chi connectivity index (χ3v) is 6.69. The minimum Gasteiger partial charge on any atom is -0.390 e. The van der Waals surface area contributed by atoms with E-state index in [1.54, 1.807) is 0 Å². The second-order valence-corrected chi connectivity index (χ2v) is 8.30. The van der Waals surface area contributed by atoms with E-state index in [4.69, 9.17) is 4.74 Å². The Kier molecular flexibility index (Phi) is 4.75. The van der Waals surface area contributed by atoms with Crippen molar-refractivity contribution in [3.63, 3.8) is 0 Å². The number of carbonyl (C=O) groups is 2. The molecule has 3 aliphatic heterocycles. The average Bonchev–Trinajstić information content (AvgIpc) is 3.18. The predicted octanol–water partition coefficient (Wildman–Crippen LogP) is 1.17. The molecule has 0 radical (unpaired) electrons. The maximum atomic E-state index is 12.8. The van der Waals surface area contributed by atoms with Crippen LogP contribution in [0.25, 0.3) is 0 Å². The van der Waals surface area contributed by atoms with Crippen molar-refractivity contribution in [3.8, 4) is 0 Å². The zero-order valence-corrected chi connectivity index (χ0v) is 15.0. The minimum absolute atomic E-state index is 0.0501. The number of ether oxygens (including phenoxy) is 1. The molecule has 4 rings (SSSR count). The first-order valence-electron chi connectivity index (χ1n) is 9.98. The molecule has 4 fully saturated rings. The zero-order valence-electron chi connectivity index (χ0n) is 15.0. The SMILES string of the molecule is O=C(C1CCN(C(=O)C2CCCO2)CC1)N1CCC(C2(O)CC2)CC1. The Labute approximate surface area is 149 Å². The lowest BCUT2D eigenvalue weighted by molar-refractivity contribution is -0.146. The molecule has 3 saturated heterocycles.